The third-order valence-electron chi connectivity index (χ3n) is 2.71. The number of benzene rings is 1. The van der Waals surface area contributed by atoms with Gasteiger partial charge >= 0.3 is 0 Å². The summed E-state index contributed by atoms with van der Waals surface area (Å²) in [6.45, 7) is 7.10. The normalized spacial score (nSPS) is 11.8. The third kappa shape index (κ3) is 4.42. The molecule has 2 heteroatoms. The number of hydrogen-bond donors (Lipinski definition) is 1. The van der Waals surface area contributed by atoms with Gasteiger partial charge in [0.15, 0.2) is 0 Å². The van der Waals surface area contributed by atoms with Crippen LogP contribution in [0.2, 0.25) is 5.02 Å². The van der Waals surface area contributed by atoms with Crippen molar-refractivity contribution >= 4 is 11.6 Å². The highest BCUT2D eigenvalue weighted by Gasteiger charge is 2.10. The summed E-state index contributed by atoms with van der Waals surface area (Å²) in [6.07, 6.45) is 1.97. The second-order valence-corrected chi connectivity index (χ2v) is 4.55. The molecule has 1 rings (SSSR count). The van der Waals surface area contributed by atoms with E-state index in [1.807, 2.05) is 19.9 Å². The molecular formula is C15H20ClN. The molecule has 0 aliphatic heterocycles. The summed E-state index contributed by atoms with van der Waals surface area (Å²) >= 11 is 6.05. The number of halogens is 1. The van der Waals surface area contributed by atoms with Crippen molar-refractivity contribution in [2.24, 2.45) is 0 Å². The Bertz CT molecular complexity index is 415. The van der Waals surface area contributed by atoms with E-state index in [4.69, 9.17) is 11.6 Å². The first-order valence-corrected chi connectivity index (χ1v) is 6.45. The molecule has 1 atom stereocenters. The molecule has 0 fully saturated rings. The van der Waals surface area contributed by atoms with Gasteiger partial charge in [0.1, 0.15) is 0 Å². The number of rotatable bonds is 5. The Morgan fingerprint density at radius 1 is 1.41 bits per heavy atom. The van der Waals surface area contributed by atoms with Gasteiger partial charge in [-0.1, -0.05) is 30.7 Å². The molecule has 0 bridgehead atoms. The minimum atomic E-state index is 0.304. The van der Waals surface area contributed by atoms with Gasteiger partial charge in [-0.05, 0) is 44.0 Å². The maximum atomic E-state index is 6.05. The Morgan fingerprint density at radius 3 is 2.76 bits per heavy atom. The summed E-state index contributed by atoms with van der Waals surface area (Å²) in [4.78, 5) is 0. The molecular weight excluding hydrogens is 230 g/mol. The predicted octanol–water partition coefficient (Wildman–Crippen LogP) is 4.10. The van der Waals surface area contributed by atoms with Crippen molar-refractivity contribution in [1.29, 1.82) is 0 Å². The van der Waals surface area contributed by atoms with Crippen molar-refractivity contribution in [3.8, 4) is 11.8 Å². The standard InChI is InChI=1S/C15H20ClN/c1-4-6-7-15(17-10-5-2)13-8-9-14(16)12(3)11-13/h8-9,11,15,17H,5,7,10H2,1-3H3. The van der Waals surface area contributed by atoms with E-state index in [0.29, 0.717) is 6.04 Å². The van der Waals surface area contributed by atoms with Crippen molar-refractivity contribution < 1.29 is 0 Å². The van der Waals surface area contributed by atoms with E-state index in [-0.39, 0.29) is 0 Å². The van der Waals surface area contributed by atoms with Crippen LogP contribution >= 0.6 is 11.6 Å². The molecule has 1 nitrogen and oxygen atoms in total. The Morgan fingerprint density at radius 2 is 2.18 bits per heavy atom. The SMILES string of the molecule is CC#CCC(NCCC)c1ccc(Cl)c(C)c1. The predicted molar refractivity (Wildman–Crippen MR) is 75.3 cm³/mol. The van der Waals surface area contributed by atoms with Crippen LogP contribution in [0, 0.1) is 18.8 Å². The first-order valence-electron chi connectivity index (χ1n) is 6.08. The summed E-state index contributed by atoms with van der Waals surface area (Å²) in [6, 6.07) is 6.50. The van der Waals surface area contributed by atoms with Crippen LogP contribution < -0.4 is 5.32 Å². The Labute approximate surface area is 110 Å². The molecule has 0 spiro atoms. The van der Waals surface area contributed by atoms with Crippen molar-refractivity contribution in [2.45, 2.75) is 39.7 Å². The molecule has 0 aromatic heterocycles. The lowest BCUT2D eigenvalue weighted by Gasteiger charge is -2.17. The van der Waals surface area contributed by atoms with E-state index in [1.54, 1.807) is 0 Å². The fraction of sp³-hybridized carbons (Fsp3) is 0.467. The second-order valence-electron chi connectivity index (χ2n) is 4.15. The molecule has 1 N–H and O–H groups in total. The van der Waals surface area contributed by atoms with Crippen LogP contribution in [0.3, 0.4) is 0 Å². The van der Waals surface area contributed by atoms with Crippen LogP contribution in [-0.2, 0) is 0 Å². The fourth-order valence-electron chi connectivity index (χ4n) is 1.72. The molecule has 0 aliphatic carbocycles. The number of nitrogens with one attached hydrogen (secondary N) is 1. The molecule has 0 saturated carbocycles. The van der Waals surface area contributed by atoms with Crippen LogP contribution in [0.5, 0.6) is 0 Å². The van der Waals surface area contributed by atoms with Gasteiger partial charge in [-0.3, -0.25) is 0 Å². The van der Waals surface area contributed by atoms with Crippen molar-refractivity contribution in [2.75, 3.05) is 6.54 Å². The molecule has 0 heterocycles. The maximum Gasteiger partial charge on any atom is 0.0435 e. The van der Waals surface area contributed by atoms with Gasteiger partial charge in [0.25, 0.3) is 0 Å². The second kappa shape index (κ2) is 7.37. The zero-order chi connectivity index (χ0) is 12.7. The number of hydrogen-bond acceptors (Lipinski definition) is 1. The molecule has 0 radical (unpaired) electrons. The van der Waals surface area contributed by atoms with E-state index in [9.17, 15) is 0 Å². The van der Waals surface area contributed by atoms with Crippen molar-refractivity contribution in [1.82, 2.24) is 5.32 Å². The maximum absolute atomic E-state index is 6.05. The van der Waals surface area contributed by atoms with Gasteiger partial charge in [-0.2, -0.15) is 0 Å². The lowest BCUT2D eigenvalue weighted by atomic mass is 10.0. The number of aryl methyl sites for hydroxylation is 1. The van der Waals surface area contributed by atoms with Crippen LogP contribution in [0.4, 0.5) is 0 Å². The van der Waals surface area contributed by atoms with Gasteiger partial charge in [0.05, 0.1) is 0 Å². The Kier molecular flexibility index (Phi) is 6.11. The van der Waals surface area contributed by atoms with Gasteiger partial charge in [0, 0.05) is 17.5 Å². The van der Waals surface area contributed by atoms with Gasteiger partial charge < -0.3 is 5.32 Å². The van der Waals surface area contributed by atoms with Gasteiger partial charge in [-0.15, -0.1) is 11.8 Å². The molecule has 17 heavy (non-hydrogen) atoms. The van der Waals surface area contributed by atoms with Crippen LogP contribution in [0.15, 0.2) is 18.2 Å². The Balaban J connectivity index is 2.85. The zero-order valence-corrected chi connectivity index (χ0v) is 11.6. The summed E-state index contributed by atoms with van der Waals surface area (Å²) in [7, 11) is 0. The van der Waals surface area contributed by atoms with Crippen LogP contribution in [-0.4, -0.2) is 6.54 Å². The first-order chi connectivity index (χ1) is 8.19. The largest absolute Gasteiger partial charge is 0.309 e. The molecule has 0 aliphatic rings. The molecule has 92 valence electrons. The van der Waals surface area contributed by atoms with Crippen molar-refractivity contribution in [3.63, 3.8) is 0 Å². The summed E-state index contributed by atoms with van der Waals surface area (Å²) in [5.41, 5.74) is 2.39. The molecule has 0 saturated heterocycles. The highest BCUT2D eigenvalue weighted by Crippen LogP contribution is 2.22. The minimum Gasteiger partial charge on any atom is -0.309 e. The molecule has 1 unspecified atom stereocenters. The first kappa shape index (κ1) is 14.1. The van der Waals surface area contributed by atoms with Gasteiger partial charge in [-0.25, -0.2) is 0 Å². The average molecular weight is 250 g/mol. The van der Waals surface area contributed by atoms with E-state index >= 15 is 0 Å². The lowest BCUT2D eigenvalue weighted by Crippen LogP contribution is -2.21. The zero-order valence-electron chi connectivity index (χ0n) is 10.8. The smallest absolute Gasteiger partial charge is 0.0435 e. The molecule has 0 amide bonds. The van der Waals surface area contributed by atoms with E-state index in [0.717, 1.165) is 30.0 Å². The quantitative estimate of drug-likeness (QED) is 0.775. The topological polar surface area (TPSA) is 12.0 Å². The van der Waals surface area contributed by atoms with E-state index in [1.165, 1.54) is 5.56 Å². The Hall–Kier alpha value is -0.970. The highest BCUT2D eigenvalue weighted by molar-refractivity contribution is 6.31. The third-order valence-corrected chi connectivity index (χ3v) is 3.13. The van der Waals surface area contributed by atoms with Gasteiger partial charge in [0.2, 0.25) is 0 Å². The average Bonchev–Trinajstić information content (AvgIpc) is 2.33. The summed E-state index contributed by atoms with van der Waals surface area (Å²) < 4.78 is 0. The summed E-state index contributed by atoms with van der Waals surface area (Å²) in [5.74, 6) is 6.10. The van der Waals surface area contributed by atoms with E-state index in [2.05, 4.69) is 36.2 Å². The molecule has 1 aromatic carbocycles. The molecule has 1 aromatic rings. The lowest BCUT2D eigenvalue weighted by molar-refractivity contribution is 0.542. The van der Waals surface area contributed by atoms with E-state index < -0.39 is 0 Å². The monoisotopic (exact) mass is 249 g/mol. The van der Waals surface area contributed by atoms with Crippen LogP contribution in [0.25, 0.3) is 0 Å². The fourth-order valence-corrected chi connectivity index (χ4v) is 1.83. The van der Waals surface area contributed by atoms with Crippen molar-refractivity contribution in [3.05, 3.63) is 34.3 Å². The minimum absolute atomic E-state index is 0.304. The highest BCUT2D eigenvalue weighted by atomic mass is 35.5. The van der Waals surface area contributed by atoms with Crippen LogP contribution in [0.1, 0.15) is 43.9 Å². The summed E-state index contributed by atoms with van der Waals surface area (Å²) in [5, 5.41) is 4.35.